The van der Waals surface area contributed by atoms with Gasteiger partial charge in [0.25, 0.3) is 0 Å². The number of hydrogen-bond acceptors (Lipinski definition) is 3. The standard InChI is InChI=1S/C14H17BrN2O/c1-17-7-3-2-4-12(17)10-18-13-6-5-11(9-16)14(15)8-13/h5-6,8,12H,2-4,7,10H2,1H3. The quantitative estimate of drug-likeness (QED) is 0.860. The molecule has 1 saturated heterocycles. The van der Waals surface area contributed by atoms with Crippen LogP contribution in [0.25, 0.3) is 0 Å². The van der Waals surface area contributed by atoms with Crippen LogP contribution < -0.4 is 4.74 Å². The van der Waals surface area contributed by atoms with Gasteiger partial charge in [-0.15, -0.1) is 0 Å². The van der Waals surface area contributed by atoms with Crippen molar-refractivity contribution in [3.63, 3.8) is 0 Å². The number of likely N-dealkylation sites (N-methyl/N-ethyl adjacent to an activating group) is 1. The van der Waals surface area contributed by atoms with Gasteiger partial charge in [-0.05, 0) is 60.6 Å². The molecule has 1 aromatic rings. The lowest BCUT2D eigenvalue weighted by atomic mass is 10.0. The van der Waals surface area contributed by atoms with Crippen LogP contribution in [0.5, 0.6) is 5.75 Å². The summed E-state index contributed by atoms with van der Waals surface area (Å²) in [6.45, 7) is 1.87. The second-order valence-corrected chi connectivity index (χ2v) is 5.55. The third kappa shape index (κ3) is 3.24. The minimum atomic E-state index is 0.508. The fraction of sp³-hybridized carbons (Fsp3) is 0.500. The lowest BCUT2D eigenvalue weighted by molar-refractivity contribution is 0.125. The van der Waals surface area contributed by atoms with Gasteiger partial charge in [0.05, 0.1) is 5.56 Å². The molecule has 1 aromatic carbocycles. The molecule has 2 rings (SSSR count). The molecule has 3 nitrogen and oxygen atoms in total. The molecular formula is C14H17BrN2O. The summed E-state index contributed by atoms with van der Waals surface area (Å²) >= 11 is 3.37. The molecule has 0 N–H and O–H groups in total. The maximum Gasteiger partial charge on any atom is 0.120 e. The summed E-state index contributed by atoms with van der Waals surface area (Å²) in [5.74, 6) is 0.819. The van der Waals surface area contributed by atoms with Crippen molar-refractivity contribution in [3.05, 3.63) is 28.2 Å². The molecule has 18 heavy (non-hydrogen) atoms. The van der Waals surface area contributed by atoms with Crippen LogP contribution in [0.4, 0.5) is 0 Å². The van der Waals surface area contributed by atoms with E-state index in [1.54, 1.807) is 6.07 Å². The Labute approximate surface area is 116 Å². The van der Waals surface area contributed by atoms with Gasteiger partial charge in [0, 0.05) is 10.5 Å². The topological polar surface area (TPSA) is 36.3 Å². The number of piperidine rings is 1. The average molecular weight is 309 g/mol. The van der Waals surface area contributed by atoms with Crippen LogP contribution >= 0.6 is 15.9 Å². The monoisotopic (exact) mass is 308 g/mol. The van der Waals surface area contributed by atoms with E-state index >= 15 is 0 Å². The fourth-order valence-corrected chi connectivity index (χ4v) is 2.67. The highest BCUT2D eigenvalue weighted by molar-refractivity contribution is 9.10. The Balaban J connectivity index is 1.94. The van der Waals surface area contributed by atoms with Crippen LogP contribution in [0.15, 0.2) is 22.7 Å². The van der Waals surface area contributed by atoms with Gasteiger partial charge >= 0.3 is 0 Å². The van der Waals surface area contributed by atoms with Crippen LogP contribution in [0, 0.1) is 11.3 Å². The van der Waals surface area contributed by atoms with Crippen molar-refractivity contribution >= 4 is 15.9 Å². The van der Waals surface area contributed by atoms with Gasteiger partial charge in [-0.1, -0.05) is 6.42 Å². The molecule has 4 heteroatoms. The van der Waals surface area contributed by atoms with Crippen molar-refractivity contribution < 1.29 is 4.74 Å². The molecule has 1 unspecified atom stereocenters. The second-order valence-electron chi connectivity index (χ2n) is 4.69. The Morgan fingerprint density at radius 1 is 1.50 bits per heavy atom. The first-order valence-electron chi connectivity index (χ1n) is 6.23. The van der Waals surface area contributed by atoms with Crippen LogP contribution in [0.1, 0.15) is 24.8 Å². The fourth-order valence-electron chi connectivity index (χ4n) is 2.22. The van der Waals surface area contributed by atoms with E-state index in [1.165, 1.54) is 19.3 Å². The molecule has 0 aliphatic carbocycles. The van der Waals surface area contributed by atoms with Crippen LogP contribution in [-0.2, 0) is 0 Å². The number of halogens is 1. The van der Waals surface area contributed by atoms with Gasteiger partial charge in [-0.25, -0.2) is 0 Å². The van der Waals surface area contributed by atoms with E-state index in [0.717, 1.165) is 23.4 Å². The van der Waals surface area contributed by atoms with Crippen molar-refractivity contribution in [1.82, 2.24) is 4.90 Å². The molecule has 0 spiro atoms. The average Bonchev–Trinajstić information content (AvgIpc) is 2.38. The van der Waals surface area contributed by atoms with E-state index in [9.17, 15) is 0 Å². The third-order valence-electron chi connectivity index (χ3n) is 3.42. The number of rotatable bonds is 3. The molecule has 0 radical (unpaired) electrons. The second kappa shape index (κ2) is 6.21. The Morgan fingerprint density at radius 3 is 3.00 bits per heavy atom. The van der Waals surface area contributed by atoms with Gasteiger partial charge in [-0.3, -0.25) is 0 Å². The minimum absolute atomic E-state index is 0.508. The van der Waals surface area contributed by atoms with E-state index in [4.69, 9.17) is 10.00 Å². The van der Waals surface area contributed by atoms with E-state index in [-0.39, 0.29) is 0 Å². The van der Waals surface area contributed by atoms with Crippen LogP contribution in [0.3, 0.4) is 0 Å². The highest BCUT2D eigenvalue weighted by Gasteiger charge is 2.19. The molecule has 1 atom stereocenters. The molecular weight excluding hydrogens is 292 g/mol. The number of hydrogen-bond donors (Lipinski definition) is 0. The van der Waals surface area contributed by atoms with Crippen molar-refractivity contribution in [2.75, 3.05) is 20.2 Å². The van der Waals surface area contributed by atoms with Crippen molar-refractivity contribution in [1.29, 1.82) is 5.26 Å². The minimum Gasteiger partial charge on any atom is -0.492 e. The zero-order valence-corrected chi connectivity index (χ0v) is 12.1. The first-order chi connectivity index (χ1) is 8.70. The maximum atomic E-state index is 8.85. The van der Waals surface area contributed by atoms with Gasteiger partial charge in [-0.2, -0.15) is 5.26 Å². The van der Waals surface area contributed by atoms with Crippen LogP contribution in [-0.4, -0.2) is 31.1 Å². The number of nitriles is 1. The Kier molecular flexibility index (Phi) is 4.62. The molecule has 1 aliphatic heterocycles. The lowest BCUT2D eigenvalue weighted by Gasteiger charge is -2.32. The summed E-state index contributed by atoms with van der Waals surface area (Å²) in [5.41, 5.74) is 0.636. The predicted octanol–water partition coefficient (Wildman–Crippen LogP) is 3.18. The van der Waals surface area contributed by atoms with Gasteiger partial charge in [0.2, 0.25) is 0 Å². The summed E-state index contributed by atoms with van der Waals surface area (Å²) in [6, 6.07) is 8.13. The largest absolute Gasteiger partial charge is 0.492 e. The third-order valence-corrected chi connectivity index (χ3v) is 4.08. The summed E-state index contributed by atoms with van der Waals surface area (Å²) in [4.78, 5) is 2.36. The van der Waals surface area contributed by atoms with E-state index in [2.05, 4.69) is 33.9 Å². The van der Waals surface area contributed by atoms with Crippen molar-refractivity contribution in [2.45, 2.75) is 25.3 Å². The van der Waals surface area contributed by atoms with Gasteiger partial charge in [0.15, 0.2) is 0 Å². The zero-order chi connectivity index (χ0) is 13.0. The van der Waals surface area contributed by atoms with E-state index < -0.39 is 0 Å². The smallest absolute Gasteiger partial charge is 0.120 e. The highest BCUT2D eigenvalue weighted by atomic mass is 79.9. The Bertz CT molecular complexity index is 456. The SMILES string of the molecule is CN1CCCCC1COc1ccc(C#N)c(Br)c1. The molecule has 1 heterocycles. The number of nitrogens with zero attached hydrogens (tertiary/aromatic N) is 2. The van der Waals surface area contributed by atoms with Gasteiger partial charge < -0.3 is 9.64 Å². The lowest BCUT2D eigenvalue weighted by Crippen LogP contribution is -2.40. The number of benzene rings is 1. The normalized spacial score (nSPS) is 20.4. The molecule has 0 bridgehead atoms. The molecule has 1 aliphatic rings. The zero-order valence-electron chi connectivity index (χ0n) is 10.5. The first-order valence-corrected chi connectivity index (χ1v) is 7.02. The molecule has 0 amide bonds. The molecule has 1 fully saturated rings. The summed E-state index contributed by atoms with van der Waals surface area (Å²) in [7, 11) is 2.15. The van der Waals surface area contributed by atoms with E-state index in [0.29, 0.717) is 11.6 Å². The first kappa shape index (κ1) is 13.4. The molecule has 96 valence electrons. The van der Waals surface area contributed by atoms with Crippen molar-refractivity contribution in [2.24, 2.45) is 0 Å². The maximum absolute atomic E-state index is 8.85. The van der Waals surface area contributed by atoms with Crippen molar-refractivity contribution in [3.8, 4) is 11.8 Å². The molecule has 0 aromatic heterocycles. The summed E-state index contributed by atoms with van der Waals surface area (Å²) in [5, 5.41) is 8.85. The highest BCUT2D eigenvalue weighted by Crippen LogP contribution is 2.23. The summed E-state index contributed by atoms with van der Waals surface area (Å²) < 4.78 is 6.61. The Morgan fingerprint density at radius 2 is 2.33 bits per heavy atom. The van der Waals surface area contributed by atoms with Crippen LogP contribution in [0.2, 0.25) is 0 Å². The molecule has 0 saturated carbocycles. The van der Waals surface area contributed by atoms with E-state index in [1.807, 2.05) is 12.1 Å². The van der Waals surface area contributed by atoms with Gasteiger partial charge in [0.1, 0.15) is 18.4 Å². The predicted molar refractivity (Wildman–Crippen MR) is 74.6 cm³/mol. The number of ether oxygens (including phenoxy) is 1. The Hall–Kier alpha value is -1.05. The number of likely N-dealkylation sites (tertiary alicyclic amines) is 1. The summed E-state index contributed by atoms with van der Waals surface area (Å²) in [6.07, 6.45) is 3.78.